The Hall–Kier alpha value is -1.30. The van der Waals surface area contributed by atoms with Gasteiger partial charge in [0.25, 0.3) is 0 Å². The quantitative estimate of drug-likeness (QED) is 0.599. The van der Waals surface area contributed by atoms with Crippen LogP contribution in [0.2, 0.25) is 0 Å². The van der Waals surface area contributed by atoms with Crippen molar-refractivity contribution in [3.63, 3.8) is 0 Å². The monoisotopic (exact) mass is 215 g/mol. The zero-order chi connectivity index (χ0) is 11.6. The molecule has 2 heteroatoms. The van der Waals surface area contributed by atoms with E-state index in [2.05, 4.69) is 5.92 Å². The predicted octanol–water partition coefficient (Wildman–Crippen LogP) is 2.08. The number of aliphatic hydroxyl groups is 1. The second-order valence-electron chi connectivity index (χ2n) is 4.49. The predicted molar refractivity (Wildman–Crippen MR) is 64.6 cm³/mol. The average Bonchev–Trinajstić information content (AvgIpc) is 2.53. The third-order valence-corrected chi connectivity index (χ3v) is 3.33. The number of unbranched alkanes of at least 4 members (excludes halogenated alkanes) is 1. The van der Waals surface area contributed by atoms with E-state index in [0.29, 0.717) is 19.3 Å². The van der Waals surface area contributed by atoms with Gasteiger partial charge in [-0.05, 0) is 30.4 Å². The number of benzene rings is 1. The molecule has 0 radical (unpaired) electrons. The van der Waals surface area contributed by atoms with Gasteiger partial charge in [0.15, 0.2) is 0 Å². The largest absolute Gasteiger partial charge is 0.385 e. The summed E-state index contributed by atoms with van der Waals surface area (Å²) in [6.07, 6.45) is 8.08. The summed E-state index contributed by atoms with van der Waals surface area (Å²) in [5, 5.41) is 10.6. The van der Waals surface area contributed by atoms with E-state index in [-0.39, 0.29) is 6.04 Å². The van der Waals surface area contributed by atoms with Crippen LogP contribution in [-0.4, -0.2) is 5.11 Å². The average molecular weight is 215 g/mol. The van der Waals surface area contributed by atoms with Crippen molar-refractivity contribution >= 4 is 0 Å². The Bertz CT molecular complexity index is 421. The molecule has 0 heterocycles. The van der Waals surface area contributed by atoms with Crippen molar-refractivity contribution in [2.24, 2.45) is 5.73 Å². The number of hydrogen-bond acceptors (Lipinski definition) is 2. The zero-order valence-corrected chi connectivity index (χ0v) is 9.32. The highest BCUT2D eigenvalue weighted by Gasteiger charge is 2.39. The van der Waals surface area contributed by atoms with Crippen molar-refractivity contribution < 1.29 is 5.11 Å². The molecule has 1 aromatic carbocycles. The lowest BCUT2D eigenvalue weighted by Crippen LogP contribution is -2.23. The van der Waals surface area contributed by atoms with Crippen LogP contribution in [-0.2, 0) is 5.60 Å². The summed E-state index contributed by atoms with van der Waals surface area (Å²) in [7, 11) is 0. The molecule has 0 spiro atoms. The minimum absolute atomic E-state index is 0.0490. The zero-order valence-electron chi connectivity index (χ0n) is 9.32. The van der Waals surface area contributed by atoms with E-state index in [0.717, 1.165) is 17.5 Å². The molecule has 2 atom stereocenters. The first-order chi connectivity index (χ1) is 7.67. The summed E-state index contributed by atoms with van der Waals surface area (Å²) in [4.78, 5) is 0. The lowest BCUT2D eigenvalue weighted by molar-refractivity contribution is 0.0232. The molecule has 1 aliphatic rings. The SMILES string of the molecule is C#CCCCC1(O)CC(N)c2ccccc21. The maximum atomic E-state index is 10.6. The Kier molecular flexibility index (Phi) is 3.00. The second-order valence-corrected chi connectivity index (χ2v) is 4.49. The molecule has 0 aromatic heterocycles. The van der Waals surface area contributed by atoms with E-state index >= 15 is 0 Å². The van der Waals surface area contributed by atoms with Crippen LogP contribution in [0.5, 0.6) is 0 Å². The van der Waals surface area contributed by atoms with Gasteiger partial charge in [-0.15, -0.1) is 12.3 Å². The first-order valence-electron chi connectivity index (χ1n) is 5.68. The van der Waals surface area contributed by atoms with Gasteiger partial charge in [0.2, 0.25) is 0 Å². The van der Waals surface area contributed by atoms with Crippen molar-refractivity contribution in [2.45, 2.75) is 37.3 Å². The minimum atomic E-state index is -0.771. The summed E-state index contributed by atoms with van der Waals surface area (Å²) in [5.41, 5.74) is 7.32. The fourth-order valence-corrected chi connectivity index (χ4v) is 2.55. The fourth-order valence-electron chi connectivity index (χ4n) is 2.55. The maximum Gasteiger partial charge on any atom is 0.0918 e. The first-order valence-corrected chi connectivity index (χ1v) is 5.68. The molecule has 0 aliphatic heterocycles. The third-order valence-electron chi connectivity index (χ3n) is 3.33. The van der Waals surface area contributed by atoms with Gasteiger partial charge in [0.05, 0.1) is 5.60 Å². The van der Waals surface area contributed by atoms with E-state index in [9.17, 15) is 5.11 Å². The standard InChI is InChI=1S/C14H17NO/c1-2-3-6-9-14(16)10-13(15)11-7-4-5-8-12(11)14/h1,4-5,7-8,13,16H,3,6,9-10,15H2. The molecule has 2 nitrogen and oxygen atoms in total. The molecule has 0 saturated heterocycles. The van der Waals surface area contributed by atoms with E-state index in [1.807, 2.05) is 24.3 Å². The van der Waals surface area contributed by atoms with Gasteiger partial charge in [-0.1, -0.05) is 24.3 Å². The second kappa shape index (κ2) is 4.29. The fraction of sp³-hybridized carbons (Fsp3) is 0.429. The lowest BCUT2D eigenvalue weighted by atomic mass is 9.90. The van der Waals surface area contributed by atoms with Gasteiger partial charge >= 0.3 is 0 Å². The van der Waals surface area contributed by atoms with Gasteiger partial charge < -0.3 is 10.8 Å². The number of rotatable bonds is 3. The summed E-state index contributed by atoms with van der Waals surface area (Å²) in [6.45, 7) is 0. The molecular formula is C14H17NO. The van der Waals surface area contributed by atoms with Crippen LogP contribution in [0.15, 0.2) is 24.3 Å². The van der Waals surface area contributed by atoms with Crippen molar-refractivity contribution in [1.29, 1.82) is 0 Å². The van der Waals surface area contributed by atoms with Crippen LogP contribution < -0.4 is 5.73 Å². The van der Waals surface area contributed by atoms with Crippen LogP contribution in [0, 0.1) is 12.3 Å². The van der Waals surface area contributed by atoms with Gasteiger partial charge in [0, 0.05) is 12.5 Å². The minimum Gasteiger partial charge on any atom is -0.385 e. The highest BCUT2D eigenvalue weighted by atomic mass is 16.3. The molecule has 0 saturated carbocycles. The Morgan fingerprint density at radius 2 is 2.25 bits per heavy atom. The highest BCUT2D eigenvalue weighted by molar-refractivity contribution is 5.39. The van der Waals surface area contributed by atoms with Crippen LogP contribution in [0.1, 0.15) is 42.9 Å². The first kappa shape index (κ1) is 11.2. The van der Waals surface area contributed by atoms with Gasteiger partial charge in [-0.3, -0.25) is 0 Å². The van der Waals surface area contributed by atoms with E-state index in [4.69, 9.17) is 12.2 Å². The van der Waals surface area contributed by atoms with Crippen LogP contribution >= 0.6 is 0 Å². The lowest BCUT2D eigenvalue weighted by Gasteiger charge is -2.23. The van der Waals surface area contributed by atoms with Crippen LogP contribution in [0.25, 0.3) is 0 Å². The van der Waals surface area contributed by atoms with Crippen LogP contribution in [0.4, 0.5) is 0 Å². The molecule has 84 valence electrons. The number of hydrogen-bond donors (Lipinski definition) is 2. The number of nitrogens with two attached hydrogens (primary N) is 1. The van der Waals surface area contributed by atoms with E-state index < -0.39 is 5.60 Å². The van der Waals surface area contributed by atoms with Crippen LogP contribution in [0.3, 0.4) is 0 Å². The number of terminal acetylenes is 1. The molecular weight excluding hydrogens is 198 g/mol. The summed E-state index contributed by atoms with van der Waals surface area (Å²) in [6, 6.07) is 7.83. The number of fused-ring (bicyclic) bond motifs is 1. The third kappa shape index (κ3) is 1.84. The normalized spacial score (nSPS) is 27.4. The van der Waals surface area contributed by atoms with Crippen molar-refractivity contribution in [2.75, 3.05) is 0 Å². The van der Waals surface area contributed by atoms with Gasteiger partial charge in [-0.2, -0.15) is 0 Å². The Morgan fingerprint density at radius 1 is 1.50 bits per heavy atom. The maximum absolute atomic E-state index is 10.6. The van der Waals surface area contributed by atoms with Gasteiger partial charge in [-0.25, -0.2) is 0 Å². The summed E-state index contributed by atoms with van der Waals surface area (Å²) in [5.74, 6) is 2.60. The Morgan fingerprint density at radius 3 is 3.00 bits per heavy atom. The molecule has 3 N–H and O–H groups in total. The molecule has 0 fully saturated rings. The molecule has 0 bridgehead atoms. The molecule has 1 aromatic rings. The topological polar surface area (TPSA) is 46.2 Å². The summed E-state index contributed by atoms with van der Waals surface area (Å²) < 4.78 is 0. The molecule has 0 amide bonds. The van der Waals surface area contributed by atoms with Crippen molar-refractivity contribution in [1.82, 2.24) is 0 Å². The summed E-state index contributed by atoms with van der Waals surface area (Å²) >= 11 is 0. The smallest absolute Gasteiger partial charge is 0.0918 e. The highest BCUT2D eigenvalue weighted by Crippen LogP contribution is 2.44. The van der Waals surface area contributed by atoms with E-state index in [1.54, 1.807) is 0 Å². The molecule has 2 rings (SSSR count). The van der Waals surface area contributed by atoms with E-state index in [1.165, 1.54) is 0 Å². The molecule has 1 aliphatic carbocycles. The van der Waals surface area contributed by atoms with Crippen molar-refractivity contribution in [3.05, 3.63) is 35.4 Å². The van der Waals surface area contributed by atoms with Gasteiger partial charge in [0.1, 0.15) is 0 Å². The van der Waals surface area contributed by atoms with Crippen molar-refractivity contribution in [3.8, 4) is 12.3 Å². The molecule has 16 heavy (non-hydrogen) atoms. The molecule has 2 unspecified atom stereocenters. The Balaban J connectivity index is 2.22. The Labute approximate surface area is 96.5 Å².